The van der Waals surface area contributed by atoms with Crippen LogP contribution in [-0.2, 0) is 6.54 Å². The molecular formula is C14H18N2. The zero-order chi connectivity index (χ0) is 11.5. The summed E-state index contributed by atoms with van der Waals surface area (Å²) in [6.45, 7) is 7.50. The highest BCUT2D eigenvalue weighted by molar-refractivity contribution is 5.58. The van der Waals surface area contributed by atoms with Crippen molar-refractivity contribution in [3.8, 4) is 11.3 Å². The summed E-state index contributed by atoms with van der Waals surface area (Å²) in [6.07, 6.45) is 2.14. The predicted molar refractivity (Wildman–Crippen MR) is 67.4 cm³/mol. The Kier molecular flexibility index (Phi) is 3.09. The van der Waals surface area contributed by atoms with E-state index in [9.17, 15) is 0 Å². The Balaban J connectivity index is 2.44. The zero-order valence-corrected chi connectivity index (χ0v) is 10.1. The van der Waals surface area contributed by atoms with Crippen LogP contribution in [0.4, 0.5) is 0 Å². The fraction of sp³-hybridized carbons (Fsp3) is 0.357. The lowest BCUT2D eigenvalue weighted by atomic mass is 10.2. The smallest absolute Gasteiger partial charge is 0.111 e. The molecule has 16 heavy (non-hydrogen) atoms. The van der Waals surface area contributed by atoms with Gasteiger partial charge in [0.15, 0.2) is 0 Å². The molecule has 0 aliphatic heterocycles. The van der Waals surface area contributed by atoms with Crippen LogP contribution in [0, 0.1) is 0 Å². The second-order valence-corrected chi connectivity index (χ2v) is 4.29. The van der Waals surface area contributed by atoms with Crippen molar-refractivity contribution in [3.63, 3.8) is 0 Å². The molecule has 0 saturated carbocycles. The maximum atomic E-state index is 4.71. The summed E-state index contributed by atoms with van der Waals surface area (Å²) in [5, 5.41) is 0. The second-order valence-electron chi connectivity index (χ2n) is 4.29. The largest absolute Gasteiger partial charge is 0.334 e. The molecule has 0 saturated heterocycles. The van der Waals surface area contributed by atoms with Gasteiger partial charge in [-0.05, 0) is 6.92 Å². The number of nitrogens with zero attached hydrogens (tertiary/aromatic N) is 2. The number of hydrogen-bond acceptors (Lipinski definition) is 1. The summed E-state index contributed by atoms with van der Waals surface area (Å²) in [4.78, 5) is 4.71. The van der Waals surface area contributed by atoms with Gasteiger partial charge < -0.3 is 4.57 Å². The van der Waals surface area contributed by atoms with Crippen molar-refractivity contribution in [1.29, 1.82) is 0 Å². The van der Waals surface area contributed by atoms with E-state index >= 15 is 0 Å². The number of aromatic nitrogens is 2. The van der Waals surface area contributed by atoms with Gasteiger partial charge in [0.1, 0.15) is 5.82 Å². The second kappa shape index (κ2) is 4.52. The third kappa shape index (κ3) is 2.01. The van der Waals surface area contributed by atoms with Crippen molar-refractivity contribution in [2.75, 3.05) is 0 Å². The molecule has 0 aliphatic carbocycles. The van der Waals surface area contributed by atoms with E-state index < -0.39 is 0 Å². The molecule has 0 amide bonds. The molecule has 2 heteroatoms. The first-order valence-corrected chi connectivity index (χ1v) is 5.85. The fourth-order valence-corrected chi connectivity index (χ4v) is 1.89. The van der Waals surface area contributed by atoms with Gasteiger partial charge in [-0.2, -0.15) is 0 Å². The first-order chi connectivity index (χ1) is 7.72. The first-order valence-electron chi connectivity index (χ1n) is 5.85. The Labute approximate surface area is 97.0 Å². The topological polar surface area (TPSA) is 17.8 Å². The minimum atomic E-state index is 0.470. The van der Waals surface area contributed by atoms with E-state index in [1.807, 2.05) is 6.07 Å². The molecule has 0 N–H and O–H groups in total. The molecule has 0 bridgehead atoms. The summed E-state index contributed by atoms with van der Waals surface area (Å²) < 4.78 is 2.23. The molecule has 0 fully saturated rings. The van der Waals surface area contributed by atoms with Crippen LogP contribution in [-0.4, -0.2) is 9.55 Å². The normalized spacial score (nSPS) is 11.0. The van der Waals surface area contributed by atoms with Crippen molar-refractivity contribution < 1.29 is 0 Å². The first kappa shape index (κ1) is 10.9. The molecule has 2 aromatic rings. The Hall–Kier alpha value is -1.57. The van der Waals surface area contributed by atoms with Crippen LogP contribution in [0.15, 0.2) is 36.5 Å². The molecule has 1 aromatic heterocycles. The van der Waals surface area contributed by atoms with E-state index in [1.54, 1.807) is 0 Å². The lowest BCUT2D eigenvalue weighted by Gasteiger charge is -2.06. The monoisotopic (exact) mass is 214 g/mol. The van der Waals surface area contributed by atoms with Gasteiger partial charge in [0.05, 0.1) is 5.69 Å². The maximum absolute atomic E-state index is 4.71. The summed E-state index contributed by atoms with van der Waals surface area (Å²) in [6, 6.07) is 10.3. The minimum Gasteiger partial charge on any atom is -0.334 e. The highest BCUT2D eigenvalue weighted by Gasteiger charge is 2.10. The molecular weight excluding hydrogens is 196 g/mol. The van der Waals surface area contributed by atoms with Crippen molar-refractivity contribution in [2.45, 2.75) is 33.2 Å². The fourth-order valence-electron chi connectivity index (χ4n) is 1.89. The third-order valence-electron chi connectivity index (χ3n) is 2.73. The number of benzene rings is 1. The average molecular weight is 214 g/mol. The maximum Gasteiger partial charge on any atom is 0.111 e. The molecule has 1 heterocycles. The quantitative estimate of drug-likeness (QED) is 0.762. The van der Waals surface area contributed by atoms with Crippen LogP contribution in [0.25, 0.3) is 11.3 Å². The summed E-state index contributed by atoms with van der Waals surface area (Å²) in [7, 11) is 0. The van der Waals surface area contributed by atoms with Crippen LogP contribution < -0.4 is 0 Å². The Bertz CT molecular complexity index is 455. The molecule has 0 atom stereocenters. The van der Waals surface area contributed by atoms with Gasteiger partial charge >= 0.3 is 0 Å². The molecule has 0 radical (unpaired) electrons. The van der Waals surface area contributed by atoms with Crippen LogP contribution in [0.1, 0.15) is 32.5 Å². The highest BCUT2D eigenvalue weighted by Crippen LogP contribution is 2.22. The Morgan fingerprint density at radius 2 is 1.88 bits per heavy atom. The third-order valence-corrected chi connectivity index (χ3v) is 2.73. The van der Waals surface area contributed by atoms with Gasteiger partial charge in [0, 0.05) is 24.2 Å². The lowest BCUT2D eigenvalue weighted by molar-refractivity contribution is 0.652. The van der Waals surface area contributed by atoms with Crippen molar-refractivity contribution >= 4 is 0 Å². The Morgan fingerprint density at radius 3 is 2.38 bits per heavy atom. The number of rotatable bonds is 3. The van der Waals surface area contributed by atoms with Crippen LogP contribution >= 0.6 is 0 Å². The molecule has 1 aromatic carbocycles. The molecule has 0 aliphatic rings. The van der Waals surface area contributed by atoms with E-state index in [-0.39, 0.29) is 0 Å². The van der Waals surface area contributed by atoms with Gasteiger partial charge in [-0.3, -0.25) is 0 Å². The summed E-state index contributed by atoms with van der Waals surface area (Å²) in [5.41, 5.74) is 2.27. The standard InChI is InChI=1S/C14H18N2/c1-4-16-10-13(15-14(16)11(2)3)12-8-6-5-7-9-12/h5-11H,4H2,1-3H3. The van der Waals surface area contributed by atoms with Crippen molar-refractivity contribution in [2.24, 2.45) is 0 Å². The van der Waals surface area contributed by atoms with Crippen LogP contribution in [0.2, 0.25) is 0 Å². The summed E-state index contributed by atoms with van der Waals surface area (Å²) in [5.74, 6) is 1.64. The minimum absolute atomic E-state index is 0.470. The van der Waals surface area contributed by atoms with Gasteiger partial charge in [-0.15, -0.1) is 0 Å². The van der Waals surface area contributed by atoms with E-state index in [0.717, 1.165) is 12.2 Å². The number of hydrogen-bond donors (Lipinski definition) is 0. The van der Waals surface area contributed by atoms with Gasteiger partial charge in [-0.25, -0.2) is 4.98 Å². The number of imidazole rings is 1. The molecule has 0 spiro atoms. The van der Waals surface area contributed by atoms with Crippen molar-refractivity contribution in [3.05, 3.63) is 42.4 Å². The van der Waals surface area contributed by atoms with E-state index in [1.165, 1.54) is 11.4 Å². The zero-order valence-electron chi connectivity index (χ0n) is 10.1. The van der Waals surface area contributed by atoms with E-state index in [4.69, 9.17) is 4.98 Å². The average Bonchev–Trinajstić information content (AvgIpc) is 2.74. The van der Waals surface area contributed by atoms with Gasteiger partial charge in [-0.1, -0.05) is 44.2 Å². The Morgan fingerprint density at radius 1 is 1.19 bits per heavy atom. The number of aryl methyl sites for hydroxylation is 1. The predicted octanol–water partition coefficient (Wildman–Crippen LogP) is 3.69. The molecule has 2 nitrogen and oxygen atoms in total. The summed E-state index contributed by atoms with van der Waals surface area (Å²) >= 11 is 0. The lowest BCUT2D eigenvalue weighted by Crippen LogP contribution is -2.01. The van der Waals surface area contributed by atoms with Crippen LogP contribution in [0.5, 0.6) is 0 Å². The van der Waals surface area contributed by atoms with Gasteiger partial charge in [0.25, 0.3) is 0 Å². The molecule has 0 unspecified atom stereocenters. The van der Waals surface area contributed by atoms with E-state index in [0.29, 0.717) is 5.92 Å². The van der Waals surface area contributed by atoms with Gasteiger partial charge in [0.2, 0.25) is 0 Å². The molecule has 84 valence electrons. The highest BCUT2D eigenvalue weighted by atomic mass is 15.1. The SMILES string of the molecule is CCn1cc(-c2ccccc2)nc1C(C)C. The van der Waals surface area contributed by atoms with Crippen molar-refractivity contribution in [1.82, 2.24) is 9.55 Å². The van der Waals surface area contributed by atoms with E-state index in [2.05, 4.69) is 55.8 Å². The molecule has 2 rings (SSSR count). The van der Waals surface area contributed by atoms with Crippen LogP contribution in [0.3, 0.4) is 0 Å².